The fraction of sp³-hybridized carbons (Fsp3) is 0.667. The van der Waals surface area contributed by atoms with Crippen molar-refractivity contribution in [3.63, 3.8) is 0 Å². The molecule has 0 spiro atoms. The monoisotopic (exact) mass is 680 g/mol. The lowest BCUT2D eigenvalue weighted by atomic mass is 10.0. The van der Waals surface area contributed by atoms with Crippen LogP contribution < -0.4 is 5.32 Å². The normalized spacial score (nSPS) is 14.0. The van der Waals surface area contributed by atoms with Gasteiger partial charge in [0.05, 0.1) is 18.8 Å². The van der Waals surface area contributed by atoms with Crippen molar-refractivity contribution in [2.24, 2.45) is 0 Å². The first kappa shape index (κ1) is 46.6. The van der Waals surface area contributed by atoms with Crippen LogP contribution >= 0.6 is 0 Å². The zero-order valence-corrected chi connectivity index (χ0v) is 31.9. The van der Waals surface area contributed by atoms with Crippen LogP contribution in [0, 0.1) is 0 Å². The average molecular weight is 680 g/mol. The van der Waals surface area contributed by atoms with Crippen LogP contribution in [0.15, 0.2) is 85.1 Å². The molecule has 1 amide bonds. The van der Waals surface area contributed by atoms with Crippen LogP contribution in [0.3, 0.4) is 0 Å². The second kappa shape index (κ2) is 40.0. The SMILES string of the molecule is CC/C=C\C/C=C\C/C=C\C/C=C\C/C=C\CCCCCC(=O)NC(CO)C(O)/C=C/CC/C=C/CCCCCCCCCCCCCC. The summed E-state index contributed by atoms with van der Waals surface area (Å²) in [6.07, 6.45) is 58.2. The number of allylic oxidation sites excluding steroid dienone is 13. The average Bonchev–Trinajstić information content (AvgIpc) is 3.10. The van der Waals surface area contributed by atoms with Gasteiger partial charge < -0.3 is 15.5 Å². The number of rotatable bonds is 35. The molecule has 4 nitrogen and oxygen atoms in total. The molecular weight excluding hydrogens is 602 g/mol. The van der Waals surface area contributed by atoms with Crippen LogP contribution in [0.4, 0.5) is 0 Å². The molecule has 0 radical (unpaired) electrons. The van der Waals surface area contributed by atoms with E-state index in [0.29, 0.717) is 6.42 Å². The minimum Gasteiger partial charge on any atom is -0.394 e. The molecule has 280 valence electrons. The second-order valence-corrected chi connectivity index (χ2v) is 13.3. The minimum absolute atomic E-state index is 0.109. The van der Waals surface area contributed by atoms with E-state index >= 15 is 0 Å². The molecule has 4 heteroatoms. The lowest BCUT2D eigenvalue weighted by molar-refractivity contribution is -0.123. The molecule has 0 bridgehead atoms. The van der Waals surface area contributed by atoms with Crippen molar-refractivity contribution in [3.05, 3.63) is 85.1 Å². The highest BCUT2D eigenvalue weighted by atomic mass is 16.3. The quantitative estimate of drug-likeness (QED) is 0.0461. The van der Waals surface area contributed by atoms with Gasteiger partial charge in [-0.1, -0.05) is 176 Å². The maximum absolute atomic E-state index is 12.3. The Bertz CT molecular complexity index is 910. The van der Waals surface area contributed by atoms with E-state index in [0.717, 1.165) is 77.0 Å². The molecule has 0 aromatic rings. The first-order valence-corrected chi connectivity index (χ1v) is 20.3. The summed E-state index contributed by atoms with van der Waals surface area (Å²) in [5.74, 6) is -0.109. The van der Waals surface area contributed by atoms with Crippen LogP contribution in [-0.2, 0) is 4.79 Å². The molecule has 0 fully saturated rings. The van der Waals surface area contributed by atoms with Gasteiger partial charge in [-0.25, -0.2) is 0 Å². The minimum atomic E-state index is -0.880. The van der Waals surface area contributed by atoms with Crippen molar-refractivity contribution < 1.29 is 15.0 Å². The molecule has 2 unspecified atom stereocenters. The fourth-order valence-electron chi connectivity index (χ4n) is 5.51. The predicted octanol–water partition coefficient (Wildman–Crippen LogP) is 12.5. The number of amides is 1. The van der Waals surface area contributed by atoms with Crippen molar-refractivity contribution in [2.75, 3.05) is 6.61 Å². The molecular formula is C45H77NO3. The van der Waals surface area contributed by atoms with Gasteiger partial charge in [-0.05, 0) is 77.0 Å². The van der Waals surface area contributed by atoms with Crippen molar-refractivity contribution >= 4 is 5.91 Å². The topological polar surface area (TPSA) is 69.6 Å². The highest BCUT2D eigenvalue weighted by Gasteiger charge is 2.17. The molecule has 0 saturated carbocycles. The molecule has 0 heterocycles. The van der Waals surface area contributed by atoms with E-state index < -0.39 is 12.1 Å². The molecule has 0 rings (SSSR count). The van der Waals surface area contributed by atoms with Gasteiger partial charge in [0.15, 0.2) is 0 Å². The largest absolute Gasteiger partial charge is 0.394 e. The third-order valence-corrected chi connectivity index (χ3v) is 8.61. The third kappa shape index (κ3) is 36.7. The molecule has 0 saturated heterocycles. The summed E-state index contributed by atoms with van der Waals surface area (Å²) in [7, 11) is 0. The van der Waals surface area contributed by atoms with Crippen molar-refractivity contribution in [3.8, 4) is 0 Å². The first-order chi connectivity index (χ1) is 24.2. The summed E-state index contributed by atoms with van der Waals surface area (Å²) in [6.45, 7) is 4.15. The Morgan fingerprint density at radius 2 is 0.918 bits per heavy atom. The number of hydrogen-bond acceptors (Lipinski definition) is 3. The van der Waals surface area contributed by atoms with E-state index in [1.54, 1.807) is 6.08 Å². The van der Waals surface area contributed by atoms with E-state index in [9.17, 15) is 15.0 Å². The van der Waals surface area contributed by atoms with E-state index in [4.69, 9.17) is 0 Å². The summed E-state index contributed by atoms with van der Waals surface area (Å²) in [4.78, 5) is 12.3. The Balaban J connectivity index is 3.75. The second-order valence-electron chi connectivity index (χ2n) is 13.3. The number of nitrogens with one attached hydrogen (secondary N) is 1. The number of aliphatic hydroxyl groups is 2. The molecule has 0 aliphatic carbocycles. The molecule has 49 heavy (non-hydrogen) atoms. The Hall–Kier alpha value is -2.43. The van der Waals surface area contributed by atoms with Crippen LogP contribution in [0.2, 0.25) is 0 Å². The van der Waals surface area contributed by atoms with Gasteiger partial charge in [-0.3, -0.25) is 4.79 Å². The summed E-state index contributed by atoms with van der Waals surface area (Å²) < 4.78 is 0. The van der Waals surface area contributed by atoms with Crippen LogP contribution in [0.25, 0.3) is 0 Å². The molecule has 2 atom stereocenters. The Kier molecular flexibility index (Phi) is 38.0. The summed E-state index contributed by atoms with van der Waals surface area (Å²) >= 11 is 0. The number of carbonyl (C=O) groups is 1. The van der Waals surface area contributed by atoms with E-state index in [-0.39, 0.29) is 12.5 Å². The highest BCUT2D eigenvalue weighted by Crippen LogP contribution is 2.13. The lowest BCUT2D eigenvalue weighted by Crippen LogP contribution is -2.45. The number of aliphatic hydroxyl groups excluding tert-OH is 2. The number of carbonyl (C=O) groups excluding carboxylic acids is 1. The van der Waals surface area contributed by atoms with Gasteiger partial charge in [0.1, 0.15) is 0 Å². The van der Waals surface area contributed by atoms with Crippen molar-refractivity contribution in [1.82, 2.24) is 5.32 Å². The van der Waals surface area contributed by atoms with Crippen LogP contribution in [0.5, 0.6) is 0 Å². The third-order valence-electron chi connectivity index (χ3n) is 8.61. The zero-order chi connectivity index (χ0) is 35.7. The van der Waals surface area contributed by atoms with Gasteiger partial charge in [-0.2, -0.15) is 0 Å². The number of hydrogen-bond donors (Lipinski definition) is 3. The van der Waals surface area contributed by atoms with Crippen LogP contribution in [0.1, 0.15) is 174 Å². The molecule has 0 aliphatic heterocycles. The maximum Gasteiger partial charge on any atom is 0.220 e. The van der Waals surface area contributed by atoms with Gasteiger partial charge in [0.25, 0.3) is 0 Å². The van der Waals surface area contributed by atoms with Gasteiger partial charge in [0.2, 0.25) is 5.91 Å². The Labute approximate surface area is 303 Å². The Morgan fingerprint density at radius 1 is 0.510 bits per heavy atom. The molecule has 0 aromatic carbocycles. The molecule has 0 aromatic heterocycles. The van der Waals surface area contributed by atoms with Crippen LogP contribution in [-0.4, -0.2) is 34.9 Å². The predicted molar refractivity (Wildman–Crippen MR) is 216 cm³/mol. The van der Waals surface area contributed by atoms with E-state index in [2.05, 4.69) is 92.1 Å². The Morgan fingerprint density at radius 3 is 1.43 bits per heavy atom. The zero-order valence-electron chi connectivity index (χ0n) is 31.9. The van der Waals surface area contributed by atoms with Gasteiger partial charge >= 0.3 is 0 Å². The standard InChI is InChI=1S/C45H77NO3/c1-3-5-7-9-11-13-15-17-19-21-23-25-27-29-31-33-35-37-39-41-45(49)46-43(42-47)44(48)40-38-36-34-32-30-28-26-24-22-20-18-16-14-12-10-8-6-4-2/h5,7,11,13,17,19,23,25,29-32,38,40,43-44,47-48H,3-4,6,8-10,12,14-16,18,20-22,24,26-28,33-37,39,41-42H2,1-2H3,(H,46,49)/b7-5-,13-11-,19-17-,25-23-,31-29-,32-30+,40-38+. The van der Waals surface area contributed by atoms with E-state index in [1.165, 1.54) is 77.0 Å². The van der Waals surface area contributed by atoms with Gasteiger partial charge in [-0.15, -0.1) is 0 Å². The lowest BCUT2D eigenvalue weighted by Gasteiger charge is -2.19. The highest BCUT2D eigenvalue weighted by molar-refractivity contribution is 5.76. The molecule has 0 aliphatic rings. The fourth-order valence-corrected chi connectivity index (χ4v) is 5.51. The summed E-state index contributed by atoms with van der Waals surface area (Å²) in [5, 5.41) is 22.9. The summed E-state index contributed by atoms with van der Waals surface area (Å²) in [5.41, 5.74) is 0. The smallest absolute Gasteiger partial charge is 0.220 e. The van der Waals surface area contributed by atoms with Crippen molar-refractivity contribution in [1.29, 1.82) is 0 Å². The van der Waals surface area contributed by atoms with Crippen molar-refractivity contribution in [2.45, 2.75) is 187 Å². The first-order valence-electron chi connectivity index (χ1n) is 20.3. The summed E-state index contributed by atoms with van der Waals surface area (Å²) in [6, 6.07) is -0.661. The number of unbranched alkanes of at least 4 members (excludes halogenated alkanes) is 16. The van der Waals surface area contributed by atoms with E-state index in [1.807, 2.05) is 6.08 Å². The van der Waals surface area contributed by atoms with Gasteiger partial charge in [0, 0.05) is 6.42 Å². The molecule has 3 N–H and O–H groups in total. The maximum atomic E-state index is 12.3.